The number of hydrogen-bond donors (Lipinski definition) is 5. The number of aliphatic hydroxyl groups excluding tert-OH is 2. The molecule has 206 valence electrons. The summed E-state index contributed by atoms with van der Waals surface area (Å²) in [5.74, 6) is 0.0914. The van der Waals surface area contributed by atoms with E-state index in [4.69, 9.17) is 14.2 Å². The fourth-order valence-corrected chi connectivity index (χ4v) is 4.95. The summed E-state index contributed by atoms with van der Waals surface area (Å²) in [6.45, 7) is 3.62. The first-order valence-electron chi connectivity index (χ1n) is 12.4. The molecule has 0 heterocycles. The van der Waals surface area contributed by atoms with Crippen molar-refractivity contribution in [3.05, 3.63) is 86.5 Å². The second-order valence-corrected chi connectivity index (χ2v) is 9.52. The lowest BCUT2D eigenvalue weighted by Crippen LogP contribution is -2.27. The van der Waals surface area contributed by atoms with Gasteiger partial charge < -0.3 is 39.7 Å². The van der Waals surface area contributed by atoms with Crippen LogP contribution in [0.3, 0.4) is 0 Å². The van der Waals surface area contributed by atoms with Gasteiger partial charge in [-0.15, -0.1) is 0 Å². The van der Waals surface area contributed by atoms with E-state index < -0.39 is 18.6 Å². The van der Waals surface area contributed by atoms with Crippen LogP contribution in [0.4, 0.5) is 0 Å². The van der Waals surface area contributed by atoms with Gasteiger partial charge in [0.05, 0.1) is 33.0 Å². The Bertz CT molecular complexity index is 1220. The van der Waals surface area contributed by atoms with Gasteiger partial charge in [-0.3, -0.25) is 0 Å². The smallest absolute Gasteiger partial charge is 0.126 e. The van der Waals surface area contributed by atoms with Crippen molar-refractivity contribution in [3.63, 3.8) is 0 Å². The minimum absolute atomic E-state index is 0.0811. The zero-order chi connectivity index (χ0) is 28.0. The summed E-state index contributed by atoms with van der Waals surface area (Å²) in [6, 6.07) is 10.9. The van der Waals surface area contributed by atoms with Crippen LogP contribution in [-0.4, -0.2) is 46.9 Å². The number of aliphatic hydroxyl groups is 2. The third kappa shape index (κ3) is 5.50. The van der Waals surface area contributed by atoms with Gasteiger partial charge in [0.25, 0.3) is 0 Å². The molecule has 1 unspecified atom stereocenters. The standard InChI is InChI=1S/C30H38O8/c1-6-18-7-24(10-21(15-36-3)27(18)33)30(2,25-8-19(13-31)28(34)20(9-25)14-32)26-11-22(16-37-4)29(35)23(12-26)17-38-5/h7-12,31-35H,6,13-17H2,1-5H3. The number of hydrogen-bond acceptors (Lipinski definition) is 8. The third-order valence-electron chi connectivity index (χ3n) is 7.16. The SMILES string of the molecule is CCc1cc(C(C)(c2cc(CO)c(O)c(CO)c2)c2cc(COC)c(O)c(COC)c2)cc(COC)c1O. The molecule has 0 aliphatic heterocycles. The van der Waals surface area contributed by atoms with E-state index in [0.717, 1.165) is 16.7 Å². The Morgan fingerprint density at radius 1 is 0.553 bits per heavy atom. The Morgan fingerprint density at radius 3 is 1.16 bits per heavy atom. The van der Waals surface area contributed by atoms with E-state index in [1.165, 1.54) is 0 Å². The molecule has 8 nitrogen and oxygen atoms in total. The molecule has 0 fully saturated rings. The first-order chi connectivity index (χ1) is 18.2. The second kappa shape index (κ2) is 12.6. The molecule has 0 spiro atoms. The molecule has 38 heavy (non-hydrogen) atoms. The number of aromatic hydroxyl groups is 3. The predicted octanol–water partition coefficient (Wildman–Crippen LogP) is 4.14. The first kappa shape index (κ1) is 29.4. The Hall–Kier alpha value is -3.14. The summed E-state index contributed by atoms with van der Waals surface area (Å²) in [5.41, 5.74) is 4.39. The summed E-state index contributed by atoms with van der Waals surface area (Å²) in [6.07, 6.45) is 0.575. The summed E-state index contributed by atoms with van der Waals surface area (Å²) in [7, 11) is 4.66. The fourth-order valence-electron chi connectivity index (χ4n) is 4.95. The van der Waals surface area contributed by atoms with Gasteiger partial charge in [0.15, 0.2) is 0 Å². The molecule has 3 rings (SSSR count). The Morgan fingerprint density at radius 2 is 0.842 bits per heavy atom. The van der Waals surface area contributed by atoms with Crippen LogP contribution >= 0.6 is 0 Å². The molecule has 0 aromatic heterocycles. The number of benzene rings is 3. The fraction of sp³-hybridized carbons (Fsp3) is 0.400. The van der Waals surface area contributed by atoms with Gasteiger partial charge in [0, 0.05) is 54.6 Å². The zero-order valence-electron chi connectivity index (χ0n) is 22.7. The molecule has 3 aromatic rings. The molecular weight excluding hydrogens is 488 g/mol. The third-order valence-corrected chi connectivity index (χ3v) is 7.16. The predicted molar refractivity (Wildman–Crippen MR) is 143 cm³/mol. The van der Waals surface area contributed by atoms with Crippen LogP contribution < -0.4 is 0 Å². The number of phenolic OH excluding ortho intramolecular Hbond substituents is 2. The molecule has 5 N–H and O–H groups in total. The number of phenols is 3. The van der Waals surface area contributed by atoms with Gasteiger partial charge in [-0.05, 0) is 65.9 Å². The van der Waals surface area contributed by atoms with Crippen LogP contribution in [0, 0.1) is 0 Å². The summed E-state index contributed by atoms with van der Waals surface area (Å²) in [4.78, 5) is 0. The van der Waals surface area contributed by atoms with Crippen molar-refractivity contribution >= 4 is 0 Å². The summed E-state index contributed by atoms with van der Waals surface area (Å²) >= 11 is 0. The number of ether oxygens (including phenoxy) is 3. The largest absolute Gasteiger partial charge is 0.507 e. The highest BCUT2D eigenvalue weighted by atomic mass is 16.5. The van der Waals surface area contributed by atoms with E-state index in [9.17, 15) is 25.5 Å². The first-order valence-corrected chi connectivity index (χ1v) is 12.4. The molecule has 0 amide bonds. The molecule has 0 bridgehead atoms. The average Bonchev–Trinajstić information content (AvgIpc) is 2.91. The normalized spacial score (nSPS) is 13.0. The van der Waals surface area contributed by atoms with Crippen LogP contribution in [0.25, 0.3) is 0 Å². The molecular formula is C30H38O8. The van der Waals surface area contributed by atoms with Gasteiger partial charge in [-0.1, -0.05) is 13.0 Å². The number of rotatable bonds is 12. The minimum atomic E-state index is -0.930. The molecule has 0 aliphatic rings. The lowest BCUT2D eigenvalue weighted by atomic mass is 9.69. The lowest BCUT2D eigenvalue weighted by Gasteiger charge is -2.35. The summed E-state index contributed by atoms with van der Waals surface area (Å²) < 4.78 is 16.1. The van der Waals surface area contributed by atoms with E-state index in [2.05, 4.69) is 0 Å². The average molecular weight is 527 g/mol. The maximum atomic E-state index is 10.9. The lowest BCUT2D eigenvalue weighted by molar-refractivity contribution is 0.174. The molecule has 0 aliphatic carbocycles. The Labute approximate surface area is 223 Å². The molecule has 8 heteroatoms. The van der Waals surface area contributed by atoms with Gasteiger partial charge in [-0.2, -0.15) is 0 Å². The van der Waals surface area contributed by atoms with Crippen molar-refractivity contribution < 1.29 is 39.7 Å². The van der Waals surface area contributed by atoms with E-state index in [1.807, 2.05) is 38.1 Å². The van der Waals surface area contributed by atoms with Crippen LogP contribution in [0.2, 0.25) is 0 Å². The highest BCUT2D eigenvalue weighted by molar-refractivity contribution is 5.59. The van der Waals surface area contributed by atoms with E-state index in [1.54, 1.807) is 33.5 Å². The Balaban J connectivity index is 2.49. The summed E-state index contributed by atoms with van der Waals surface area (Å²) in [5, 5.41) is 52.4. The molecule has 0 radical (unpaired) electrons. The van der Waals surface area contributed by atoms with E-state index in [0.29, 0.717) is 28.7 Å². The van der Waals surface area contributed by atoms with E-state index >= 15 is 0 Å². The van der Waals surface area contributed by atoms with Crippen molar-refractivity contribution in [2.75, 3.05) is 21.3 Å². The topological polar surface area (TPSA) is 129 Å². The van der Waals surface area contributed by atoms with Crippen molar-refractivity contribution in [2.45, 2.75) is 58.7 Å². The van der Waals surface area contributed by atoms with Gasteiger partial charge in [-0.25, -0.2) is 0 Å². The highest BCUT2D eigenvalue weighted by Crippen LogP contribution is 2.45. The van der Waals surface area contributed by atoms with Gasteiger partial charge in [0.1, 0.15) is 17.2 Å². The monoisotopic (exact) mass is 526 g/mol. The number of methoxy groups -OCH3 is 3. The highest BCUT2D eigenvalue weighted by Gasteiger charge is 2.35. The van der Waals surface area contributed by atoms with Crippen LogP contribution in [-0.2, 0) is 59.1 Å². The van der Waals surface area contributed by atoms with Gasteiger partial charge >= 0.3 is 0 Å². The van der Waals surface area contributed by atoms with Crippen LogP contribution in [0.1, 0.15) is 63.9 Å². The maximum absolute atomic E-state index is 10.9. The quantitative estimate of drug-likeness (QED) is 0.223. The Kier molecular flexibility index (Phi) is 9.76. The molecule has 1 atom stereocenters. The van der Waals surface area contributed by atoms with Crippen molar-refractivity contribution in [1.82, 2.24) is 0 Å². The van der Waals surface area contributed by atoms with Crippen LogP contribution in [0.15, 0.2) is 36.4 Å². The molecule has 3 aromatic carbocycles. The number of aryl methyl sites for hydroxylation is 1. The minimum Gasteiger partial charge on any atom is -0.507 e. The van der Waals surface area contributed by atoms with Gasteiger partial charge in [0.2, 0.25) is 0 Å². The molecule has 0 saturated heterocycles. The maximum Gasteiger partial charge on any atom is 0.126 e. The zero-order valence-corrected chi connectivity index (χ0v) is 22.7. The van der Waals surface area contributed by atoms with Crippen molar-refractivity contribution in [2.24, 2.45) is 0 Å². The molecule has 0 saturated carbocycles. The second-order valence-electron chi connectivity index (χ2n) is 9.52. The van der Waals surface area contributed by atoms with Crippen molar-refractivity contribution in [3.8, 4) is 17.2 Å². The van der Waals surface area contributed by atoms with Crippen LogP contribution in [0.5, 0.6) is 17.2 Å². The van der Waals surface area contributed by atoms with Crippen molar-refractivity contribution in [1.29, 1.82) is 0 Å². The van der Waals surface area contributed by atoms with E-state index in [-0.39, 0.29) is 48.2 Å².